The van der Waals surface area contributed by atoms with E-state index in [0.717, 1.165) is 73.2 Å². The van der Waals surface area contributed by atoms with Gasteiger partial charge in [0.25, 0.3) is 5.78 Å². The van der Waals surface area contributed by atoms with Crippen LogP contribution < -0.4 is 9.80 Å². The van der Waals surface area contributed by atoms with Crippen LogP contribution in [0.25, 0.3) is 5.78 Å². The summed E-state index contributed by atoms with van der Waals surface area (Å²) < 4.78 is 7.35. The maximum Gasteiger partial charge on any atom is 0.254 e. The molecule has 0 bridgehead atoms. The molecule has 30 heavy (non-hydrogen) atoms. The molecule has 9 heteroatoms. The molecule has 0 aliphatic carbocycles. The van der Waals surface area contributed by atoms with E-state index in [4.69, 9.17) is 9.72 Å². The van der Waals surface area contributed by atoms with E-state index in [-0.39, 0.29) is 0 Å². The first-order chi connectivity index (χ1) is 14.7. The van der Waals surface area contributed by atoms with Gasteiger partial charge in [-0.3, -0.25) is 0 Å². The topological polar surface area (TPSA) is 95.5 Å². The van der Waals surface area contributed by atoms with Gasteiger partial charge >= 0.3 is 0 Å². The summed E-state index contributed by atoms with van der Waals surface area (Å²) in [6.45, 7) is 8.68. The van der Waals surface area contributed by atoms with Crippen molar-refractivity contribution in [2.45, 2.75) is 33.3 Å². The van der Waals surface area contributed by atoms with Gasteiger partial charge in [-0.05, 0) is 26.3 Å². The molecule has 1 saturated heterocycles. The van der Waals surface area contributed by atoms with E-state index in [0.29, 0.717) is 24.6 Å². The van der Waals surface area contributed by atoms with Crippen LogP contribution >= 0.6 is 0 Å². The molecule has 0 N–H and O–H groups in total. The standard InChI is InChI=1S/C21H24N8O/c1-14-15(2)25-21-23-13-24-29(21)20(14)28-6-3-5-27(7-8-28)19-16(11-22)10-17-12-30-9-4-18(17)26-19/h10,13H,3-9,12H2,1-2H3. The van der Waals surface area contributed by atoms with Gasteiger partial charge in [0.15, 0.2) is 0 Å². The van der Waals surface area contributed by atoms with Crippen LogP contribution in [-0.2, 0) is 17.8 Å². The molecule has 0 radical (unpaired) electrons. The number of fused-ring (bicyclic) bond motifs is 2. The first-order valence-electron chi connectivity index (χ1n) is 10.3. The maximum absolute atomic E-state index is 9.72. The Kier molecular flexibility index (Phi) is 4.71. The number of hydrogen-bond acceptors (Lipinski definition) is 8. The number of nitriles is 1. The van der Waals surface area contributed by atoms with E-state index in [9.17, 15) is 5.26 Å². The smallest absolute Gasteiger partial charge is 0.254 e. The van der Waals surface area contributed by atoms with Crippen molar-refractivity contribution in [1.82, 2.24) is 24.6 Å². The largest absolute Gasteiger partial charge is 0.376 e. The molecule has 2 aliphatic heterocycles. The summed E-state index contributed by atoms with van der Waals surface area (Å²) in [6, 6.07) is 4.29. The number of aromatic nitrogens is 5. The minimum atomic E-state index is 0.541. The van der Waals surface area contributed by atoms with Gasteiger partial charge in [0.2, 0.25) is 0 Å². The molecule has 1 fully saturated rings. The van der Waals surface area contributed by atoms with E-state index < -0.39 is 0 Å². The molecule has 3 aromatic rings. The third-order valence-electron chi connectivity index (χ3n) is 6.00. The second-order valence-corrected chi connectivity index (χ2v) is 7.83. The molecule has 0 amide bonds. The molecular formula is C21H24N8O. The molecule has 2 aliphatic rings. The normalized spacial score (nSPS) is 17.0. The lowest BCUT2D eigenvalue weighted by molar-refractivity contribution is 0.109. The SMILES string of the molecule is Cc1nc2ncnn2c(N2CCCN(c3nc4c(cc3C#N)COCC4)CC2)c1C. The predicted octanol–water partition coefficient (Wildman–Crippen LogP) is 1.80. The highest BCUT2D eigenvalue weighted by atomic mass is 16.5. The van der Waals surface area contributed by atoms with Gasteiger partial charge in [0.1, 0.15) is 24.0 Å². The zero-order chi connectivity index (χ0) is 20.7. The van der Waals surface area contributed by atoms with Crippen molar-refractivity contribution >= 4 is 17.4 Å². The van der Waals surface area contributed by atoms with Crippen molar-refractivity contribution < 1.29 is 4.74 Å². The third-order valence-corrected chi connectivity index (χ3v) is 6.00. The summed E-state index contributed by atoms with van der Waals surface area (Å²) in [6.07, 6.45) is 3.31. The Morgan fingerprint density at radius 1 is 1.10 bits per heavy atom. The molecule has 0 unspecified atom stereocenters. The highest BCUT2D eigenvalue weighted by Crippen LogP contribution is 2.27. The molecule has 5 rings (SSSR count). The van der Waals surface area contributed by atoms with Gasteiger partial charge < -0.3 is 14.5 Å². The second-order valence-electron chi connectivity index (χ2n) is 7.83. The first kappa shape index (κ1) is 18.8. The maximum atomic E-state index is 9.72. The Balaban J connectivity index is 1.46. The van der Waals surface area contributed by atoms with Gasteiger partial charge in [-0.25, -0.2) is 9.97 Å². The lowest BCUT2D eigenvalue weighted by atomic mass is 10.1. The molecule has 0 spiro atoms. The summed E-state index contributed by atoms with van der Waals surface area (Å²) in [5.74, 6) is 2.47. The Morgan fingerprint density at radius 3 is 2.80 bits per heavy atom. The number of nitrogens with zero attached hydrogens (tertiary/aromatic N) is 8. The van der Waals surface area contributed by atoms with Crippen molar-refractivity contribution in [2.75, 3.05) is 42.6 Å². The Morgan fingerprint density at radius 2 is 1.93 bits per heavy atom. The monoisotopic (exact) mass is 404 g/mol. The van der Waals surface area contributed by atoms with Gasteiger partial charge in [0.05, 0.1) is 24.5 Å². The van der Waals surface area contributed by atoms with Gasteiger partial charge in [-0.2, -0.15) is 19.9 Å². The highest BCUT2D eigenvalue weighted by Gasteiger charge is 2.24. The lowest BCUT2D eigenvalue weighted by Gasteiger charge is -2.27. The summed E-state index contributed by atoms with van der Waals surface area (Å²) in [4.78, 5) is 18.3. The molecule has 0 atom stereocenters. The number of ether oxygens (including phenoxy) is 1. The number of aryl methyl sites for hydroxylation is 1. The fraction of sp³-hybridized carbons (Fsp3) is 0.476. The Hall–Kier alpha value is -3.25. The average molecular weight is 404 g/mol. The zero-order valence-electron chi connectivity index (χ0n) is 17.3. The molecule has 3 aromatic heterocycles. The van der Waals surface area contributed by atoms with Crippen LogP contribution in [0.2, 0.25) is 0 Å². The van der Waals surface area contributed by atoms with Gasteiger partial charge in [-0.15, -0.1) is 0 Å². The molecule has 9 nitrogen and oxygen atoms in total. The van der Waals surface area contributed by atoms with Crippen molar-refractivity contribution in [3.8, 4) is 6.07 Å². The van der Waals surface area contributed by atoms with E-state index >= 15 is 0 Å². The van der Waals surface area contributed by atoms with E-state index in [1.54, 1.807) is 6.33 Å². The molecule has 154 valence electrons. The first-order valence-corrected chi connectivity index (χ1v) is 10.3. The number of hydrogen-bond donors (Lipinski definition) is 0. The molecule has 0 saturated carbocycles. The molecule has 5 heterocycles. The molecular weight excluding hydrogens is 380 g/mol. The Bertz CT molecular complexity index is 1150. The number of anilines is 2. The van der Waals surface area contributed by atoms with Gasteiger partial charge in [0, 0.05) is 49.4 Å². The quantitative estimate of drug-likeness (QED) is 0.638. The second kappa shape index (κ2) is 7.54. The Labute approximate surface area is 174 Å². The predicted molar refractivity (Wildman–Crippen MR) is 112 cm³/mol. The van der Waals surface area contributed by atoms with Crippen molar-refractivity contribution in [1.29, 1.82) is 5.26 Å². The average Bonchev–Trinajstić information content (AvgIpc) is 3.08. The van der Waals surface area contributed by atoms with Crippen molar-refractivity contribution in [3.63, 3.8) is 0 Å². The van der Waals surface area contributed by atoms with Crippen LogP contribution in [0.4, 0.5) is 11.6 Å². The van der Waals surface area contributed by atoms with Crippen LogP contribution in [0.5, 0.6) is 0 Å². The van der Waals surface area contributed by atoms with E-state index in [1.807, 2.05) is 17.5 Å². The van der Waals surface area contributed by atoms with Crippen molar-refractivity contribution in [3.05, 3.63) is 40.5 Å². The number of rotatable bonds is 2. The van der Waals surface area contributed by atoms with Crippen LogP contribution in [0, 0.1) is 25.2 Å². The molecule has 0 aromatic carbocycles. The summed E-state index contributed by atoms with van der Waals surface area (Å²) in [5.41, 5.74) is 4.81. The minimum absolute atomic E-state index is 0.541. The van der Waals surface area contributed by atoms with Crippen LogP contribution in [-0.4, -0.2) is 57.4 Å². The fourth-order valence-electron chi connectivity index (χ4n) is 4.33. The van der Waals surface area contributed by atoms with Crippen LogP contribution in [0.1, 0.15) is 34.5 Å². The summed E-state index contributed by atoms with van der Waals surface area (Å²) in [7, 11) is 0. The van der Waals surface area contributed by atoms with E-state index in [1.165, 1.54) is 0 Å². The highest BCUT2D eigenvalue weighted by molar-refractivity contribution is 5.58. The summed E-state index contributed by atoms with van der Waals surface area (Å²) >= 11 is 0. The van der Waals surface area contributed by atoms with Crippen LogP contribution in [0.15, 0.2) is 12.4 Å². The summed E-state index contributed by atoms with van der Waals surface area (Å²) in [5, 5.41) is 14.1. The zero-order valence-corrected chi connectivity index (χ0v) is 17.3. The fourth-order valence-corrected chi connectivity index (χ4v) is 4.33. The minimum Gasteiger partial charge on any atom is -0.376 e. The van der Waals surface area contributed by atoms with Gasteiger partial charge in [-0.1, -0.05) is 0 Å². The lowest BCUT2D eigenvalue weighted by Crippen LogP contribution is -2.33. The van der Waals surface area contributed by atoms with Crippen molar-refractivity contribution in [2.24, 2.45) is 0 Å². The number of pyridine rings is 1. The third kappa shape index (κ3) is 3.13. The van der Waals surface area contributed by atoms with Crippen LogP contribution in [0.3, 0.4) is 0 Å². The van der Waals surface area contributed by atoms with E-state index in [2.05, 4.69) is 37.9 Å².